The average molecular weight is 279 g/mol. The van der Waals surface area contributed by atoms with Crippen LogP contribution >= 0.6 is 0 Å². The topological polar surface area (TPSA) is 21.3 Å². The number of benzene rings is 2. The lowest BCUT2D eigenvalue weighted by atomic mass is 10.1. The smallest absolute Gasteiger partial charge is 0.119 e. The van der Waals surface area contributed by atoms with Crippen LogP contribution in [0.3, 0.4) is 0 Å². The predicted octanol–water partition coefficient (Wildman–Crippen LogP) is 3.77. The van der Waals surface area contributed by atoms with Gasteiger partial charge in [0.1, 0.15) is 12.4 Å². The quantitative estimate of drug-likeness (QED) is 0.813. The van der Waals surface area contributed by atoms with Gasteiger partial charge < -0.3 is 4.74 Å². The molecule has 21 heavy (non-hydrogen) atoms. The van der Waals surface area contributed by atoms with Crippen molar-refractivity contribution in [2.75, 3.05) is 0 Å². The van der Waals surface area contributed by atoms with Gasteiger partial charge in [-0.25, -0.2) is 0 Å². The summed E-state index contributed by atoms with van der Waals surface area (Å²) >= 11 is 0. The molecule has 0 aliphatic rings. The third-order valence-electron chi connectivity index (χ3n) is 3.27. The second-order valence-electron chi connectivity index (χ2n) is 5.54. The summed E-state index contributed by atoms with van der Waals surface area (Å²) in [4.78, 5) is 0. The Morgan fingerprint density at radius 3 is 2.29 bits per heavy atom. The zero-order valence-electron chi connectivity index (χ0n) is 12.6. The highest BCUT2D eigenvalue weighted by Gasteiger charge is 2.11. The van der Waals surface area contributed by atoms with E-state index in [9.17, 15) is 0 Å². The van der Waals surface area contributed by atoms with Crippen LogP contribution in [0.25, 0.3) is 0 Å². The van der Waals surface area contributed by atoms with Crippen LogP contribution in [0.4, 0.5) is 0 Å². The number of ether oxygens (including phenoxy) is 1. The maximum absolute atomic E-state index is 5.76. The fourth-order valence-electron chi connectivity index (χ4n) is 1.82. The van der Waals surface area contributed by atoms with Crippen molar-refractivity contribution in [3.8, 4) is 18.1 Å². The molecule has 0 saturated carbocycles. The fourth-order valence-corrected chi connectivity index (χ4v) is 1.82. The van der Waals surface area contributed by atoms with Gasteiger partial charge in [0.15, 0.2) is 0 Å². The summed E-state index contributed by atoms with van der Waals surface area (Å²) in [6.45, 7) is 5.31. The van der Waals surface area contributed by atoms with Gasteiger partial charge >= 0.3 is 0 Å². The Balaban J connectivity index is 1.86. The van der Waals surface area contributed by atoms with Crippen LogP contribution in [0.2, 0.25) is 0 Å². The summed E-state index contributed by atoms with van der Waals surface area (Å²) in [5, 5.41) is 3.33. The van der Waals surface area contributed by atoms with E-state index in [1.165, 1.54) is 11.1 Å². The molecule has 0 aromatic heterocycles. The first-order chi connectivity index (χ1) is 10.1. The SMILES string of the molecule is C#CC(C)(C)NCc1ccc(OCc2ccccc2)cc1. The predicted molar refractivity (Wildman–Crippen MR) is 87.0 cm³/mol. The average Bonchev–Trinajstić information content (AvgIpc) is 2.53. The summed E-state index contributed by atoms with van der Waals surface area (Å²) in [6, 6.07) is 18.2. The standard InChI is InChI=1S/C19H21NO/c1-4-19(2,3)20-14-16-10-12-18(13-11-16)21-15-17-8-6-5-7-9-17/h1,5-13,20H,14-15H2,2-3H3. The molecule has 2 aromatic rings. The van der Waals surface area contributed by atoms with Gasteiger partial charge in [-0.1, -0.05) is 48.4 Å². The Labute approximate surface area is 127 Å². The molecular formula is C19H21NO. The zero-order valence-corrected chi connectivity index (χ0v) is 12.6. The van der Waals surface area contributed by atoms with Crippen molar-refractivity contribution in [1.29, 1.82) is 0 Å². The largest absolute Gasteiger partial charge is 0.489 e. The number of rotatable bonds is 6. The Bertz CT molecular complexity index is 594. The number of hydrogen-bond donors (Lipinski definition) is 1. The molecule has 0 radical (unpaired) electrons. The van der Waals surface area contributed by atoms with E-state index in [2.05, 4.69) is 35.5 Å². The summed E-state index contributed by atoms with van der Waals surface area (Å²) < 4.78 is 5.76. The third-order valence-corrected chi connectivity index (χ3v) is 3.27. The molecular weight excluding hydrogens is 258 g/mol. The van der Waals surface area contributed by atoms with Gasteiger partial charge in [-0.3, -0.25) is 5.32 Å². The molecule has 0 aliphatic carbocycles. The molecule has 0 unspecified atom stereocenters. The van der Waals surface area contributed by atoms with Crippen LogP contribution in [0, 0.1) is 12.3 Å². The zero-order chi connectivity index (χ0) is 15.1. The highest BCUT2D eigenvalue weighted by molar-refractivity contribution is 5.28. The molecule has 0 aliphatic heterocycles. The van der Waals surface area contributed by atoms with Gasteiger partial charge in [0, 0.05) is 6.54 Å². The molecule has 0 spiro atoms. The number of hydrogen-bond acceptors (Lipinski definition) is 2. The van der Waals surface area contributed by atoms with E-state index in [0.29, 0.717) is 6.61 Å². The van der Waals surface area contributed by atoms with Crippen LogP contribution in [0.5, 0.6) is 5.75 Å². The molecule has 2 nitrogen and oxygen atoms in total. The lowest BCUT2D eigenvalue weighted by Crippen LogP contribution is -2.36. The van der Waals surface area contributed by atoms with Gasteiger partial charge in [-0.05, 0) is 37.1 Å². The van der Waals surface area contributed by atoms with Crippen molar-refractivity contribution in [2.24, 2.45) is 0 Å². The van der Waals surface area contributed by atoms with E-state index < -0.39 is 0 Å². The summed E-state index contributed by atoms with van der Waals surface area (Å²) in [6.07, 6.45) is 5.46. The number of nitrogens with one attached hydrogen (secondary N) is 1. The van der Waals surface area contributed by atoms with Crippen LogP contribution in [0.1, 0.15) is 25.0 Å². The summed E-state index contributed by atoms with van der Waals surface area (Å²) in [5.41, 5.74) is 2.06. The first-order valence-electron chi connectivity index (χ1n) is 7.07. The van der Waals surface area contributed by atoms with Gasteiger partial charge in [0.2, 0.25) is 0 Å². The van der Waals surface area contributed by atoms with E-state index in [1.807, 2.05) is 44.2 Å². The van der Waals surface area contributed by atoms with Gasteiger partial charge in [0.05, 0.1) is 5.54 Å². The summed E-state index contributed by atoms with van der Waals surface area (Å²) in [7, 11) is 0. The molecule has 2 aromatic carbocycles. The van der Waals surface area contributed by atoms with Gasteiger partial charge in [-0.2, -0.15) is 0 Å². The van der Waals surface area contributed by atoms with Crippen LogP contribution in [-0.2, 0) is 13.2 Å². The van der Waals surface area contributed by atoms with E-state index >= 15 is 0 Å². The van der Waals surface area contributed by atoms with E-state index in [4.69, 9.17) is 11.2 Å². The first-order valence-corrected chi connectivity index (χ1v) is 7.07. The molecule has 0 bridgehead atoms. The second-order valence-corrected chi connectivity index (χ2v) is 5.54. The van der Waals surface area contributed by atoms with Crippen LogP contribution in [-0.4, -0.2) is 5.54 Å². The molecule has 108 valence electrons. The van der Waals surface area contributed by atoms with Crippen molar-refractivity contribution < 1.29 is 4.74 Å². The lowest BCUT2D eigenvalue weighted by molar-refractivity contribution is 0.306. The van der Waals surface area contributed by atoms with E-state index in [0.717, 1.165) is 12.3 Å². The minimum Gasteiger partial charge on any atom is -0.489 e. The van der Waals surface area contributed by atoms with Crippen LogP contribution < -0.4 is 10.1 Å². The minimum atomic E-state index is -0.289. The second kappa shape index (κ2) is 6.97. The third kappa shape index (κ3) is 4.98. The van der Waals surface area contributed by atoms with Gasteiger partial charge in [0.25, 0.3) is 0 Å². The molecule has 0 heterocycles. The van der Waals surface area contributed by atoms with Crippen molar-refractivity contribution in [3.05, 3.63) is 65.7 Å². The van der Waals surface area contributed by atoms with Crippen molar-refractivity contribution >= 4 is 0 Å². The Morgan fingerprint density at radius 2 is 1.67 bits per heavy atom. The molecule has 0 atom stereocenters. The lowest BCUT2D eigenvalue weighted by Gasteiger charge is -2.19. The molecule has 0 fully saturated rings. The van der Waals surface area contributed by atoms with Crippen molar-refractivity contribution in [3.63, 3.8) is 0 Å². The highest BCUT2D eigenvalue weighted by Crippen LogP contribution is 2.14. The molecule has 2 rings (SSSR count). The minimum absolute atomic E-state index is 0.289. The Morgan fingerprint density at radius 1 is 1.00 bits per heavy atom. The Hall–Kier alpha value is -2.24. The molecule has 1 N–H and O–H groups in total. The highest BCUT2D eigenvalue weighted by atomic mass is 16.5. The van der Waals surface area contributed by atoms with E-state index in [-0.39, 0.29) is 5.54 Å². The number of terminal acetylenes is 1. The Kier molecular flexibility index (Phi) is 5.03. The maximum Gasteiger partial charge on any atom is 0.119 e. The van der Waals surface area contributed by atoms with Crippen LogP contribution in [0.15, 0.2) is 54.6 Å². The summed E-state index contributed by atoms with van der Waals surface area (Å²) in [5.74, 6) is 3.60. The normalized spacial score (nSPS) is 10.9. The van der Waals surface area contributed by atoms with Crippen molar-refractivity contribution in [1.82, 2.24) is 5.32 Å². The first kappa shape index (κ1) is 15.2. The van der Waals surface area contributed by atoms with Crippen molar-refractivity contribution in [2.45, 2.75) is 32.5 Å². The molecule has 0 saturated heterocycles. The fraction of sp³-hybridized carbons (Fsp3) is 0.263. The van der Waals surface area contributed by atoms with E-state index in [1.54, 1.807) is 0 Å². The molecule has 2 heteroatoms. The maximum atomic E-state index is 5.76. The monoisotopic (exact) mass is 279 g/mol. The molecule has 0 amide bonds. The van der Waals surface area contributed by atoms with Gasteiger partial charge in [-0.15, -0.1) is 6.42 Å².